The Bertz CT molecular complexity index is 622. The van der Waals surface area contributed by atoms with E-state index in [4.69, 9.17) is 4.74 Å². The second-order valence-corrected chi connectivity index (χ2v) is 5.66. The molecule has 11 heteroatoms. The summed E-state index contributed by atoms with van der Waals surface area (Å²) in [6.45, 7) is 0. The number of allylic oxidation sites excluding steroid dienone is 1. The molecule has 0 N–H and O–H groups in total. The molecule has 136 valence electrons. The first-order valence-electron chi connectivity index (χ1n) is 5.90. The van der Waals surface area contributed by atoms with Gasteiger partial charge in [-0.05, 0) is 40.3 Å². The Balaban J connectivity index is 3.32. The molecule has 0 fully saturated rings. The Kier molecular flexibility index (Phi) is 5.78. The van der Waals surface area contributed by atoms with Crippen molar-refractivity contribution in [3.8, 4) is 5.75 Å². The minimum atomic E-state index is -6.91. The fourth-order valence-electron chi connectivity index (χ4n) is 1.49. The van der Waals surface area contributed by atoms with E-state index in [2.05, 4.69) is 0 Å². The molecular weight excluding hydrogens is 470 g/mol. The normalized spacial score (nSPS) is 14.7. The van der Waals surface area contributed by atoms with Gasteiger partial charge in [-0.25, -0.2) is 0 Å². The summed E-state index contributed by atoms with van der Waals surface area (Å²) in [5, 5.41) is 0. The van der Waals surface area contributed by atoms with Gasteiger partial charge in [-0.1, -0.05) is 12.1 Å². The third-order valence-electron chi connectivity index (χ3n) is 2.82. The average Bonchev–Trinajstić information content (AvgIpc) is 2.45. The smallest absolute Gasteiger partial charge is 0.460 e. The molecule has 0 amide bonds. The van der Waals surface area contributed by atoms with Gasteiger partial charge in [-0.15, -0.1) is 0 Å². The first kappa shape index (κ1) is 20.9. The van der Waals surface area contributed by atoms with E-state index >= 15 is 0 Å². The summed E-state index contributed by atoms with van der Waals surface area (Å²) in [7, 11) is 1.22. The van der Waals surface area contributed by atoms with Gasteiger partial charge in [0, 0.05) is 9.66 Å². The van der Waals surface area contributed by atoms with Crippen molar-refractivity contribution in [3.63, 3.8) is 0 Å². The molecule has 0 aliphatic rings. The highest BCUT2D eigenvalue weighted by Crippen LogP contribution is 2.54. The highest BCUT2D eigenvalue weighted by molar-refractivity contribution is 14.1. The molecule has 1 rings (SSSR count). The Morgan fingerprint density at radius 2 is 1.50 bits per heavy atom. The van der Waals surface area contributed by atoms with Gasteiger partial charge in [0.05, 0.1) is 7.11 Å². The van der Waals surface area contributed by atoms with Crippen LogP contribution >= 0.6 is 22.6 Å². The summed E-state index contributed by atoms with van der Waals surface area (Å²) in [6, 6.07) is 4.96. The van der Waals surface area contributed by atoms with Crippen molar-refractivity contribution in [2.24, 2.45) is 0 Å². The number of hydrogen-bond acceptors (Lipinski definition) is 1. The molecule has 1 nitrogen and oxygen atoms in total. The van der Waals surface area contributed by atoms with Crippen LogP contribution in [-0.4, -0.2) is 31.1 Å². The van der Waals surface area contributed by atoms with E-state index in [1.807, 2.05) is 0 Å². The summed E-state index contributed by atoms with van der Waals surface area (Å²) in [5.74, 6) is -19.2. The lowest BCUT2D eigenvalue weighted by Gasteiger charge is -2.32. The number of ether oxygens (including phenoxy) is 1. The number of halogens is 10. The van der Waals surface area contributed by atoms with Gasteiger partial charge in [0.15, 0.2) is 0 Å². The highest BCUT2D eigenvalue weighted by Gasteiger charge is 2.81. The highest BCUT2D eigenvalue weighted by atomic mass is 127. The van der Waals surface area contributed by atoms with Crippen LogP contribution in [0.15, 0.2) is 30.3 Å². The van der Waals surface area contributed by atoms with Crippen LogP contribution in [0.1, 0.15) is 5.56 Å². The lowest BCUT2D eigenvalue weighted by Crippen LogP contribution is -2.60. The van der Waals surface area contributed by atoms with Gasteiger partial charge < -0.3 is 4.74 Å². The van der Waals surface area contributed by atoms with E-state index in [0.717, 1.165) is 34.7 Å². The number of hydrogen-bond donors (Lipinski definition) is 0. The number of rotatable bonds is 5. The zero-order valence-corrected chi connectivity index (χ0v) is 13.7. The molecule has 0 spiro atoms. The second-order valence-electron chi connectivity index (χ2n) is 4.49. The lowest BCUT2D eigenvalue weighted by atomic mass is 10.0. The van der Waals surface area contributed by atoms with Crippen LogP contribution in [0.5, 0.6) is 5.75 Å². The zero-order chi connectivity index (χ0) is 19.0. The van der Waals surface area contributed by atoms with E-state index in [9.17, 15) is 39.5 Å². The van der Waals surface area contributed by atoms with Crippen LogP contribution in [0.3, 0.4) is 0 Å². The van der Waals surface area contributed by atoms with Gasteiger partial charge in [0.25, 0.3) is 0 Å². The maximum Gasteiger partial charge on any atom is 0.460 e. The first-order valence-corrected chi connectivity index (χ1v) is 6.98. The molecule has 0 atom stereocenters. The second kappa shape index (κ2) is 6.64. The van der Waals surface area contributed by atoms with Crippen LogP contribution in [0.2, 0.25) is 0 Å². The summed E-state index contributed by atoms with van der Waals surface area (Å²) in [4.78, 5) is 0. The SMILES string of the molecule is COc1cccc(/C(I)=C\C(F)(F)C(F)(F)C(F)(F)C(F)(F)F)c1. The van der Waals surface area contributed by atoms with Crippen molar-refractivity contribution < 1.29 is 44.3 Å². The van der Waals surface area contributed by atoms with Gasteiger partial charge >= 0.3 is 23.9 Å². The third-order valence-corrected chi connectivity index (χ3v) is 3.76. The Morgan fingerprint density at radius 1 is 0.958 bits per heavy atom. The fourth-order valence-corrected chi connectivity index (χ4v) is 2.22. The van der Waals surface area contributed by atoms with Crippen LogP contribution in [0, 0.1) is 0 Å². The molecule has 0 unspecified atom stereocenters. The molecular formula is C13H8F9IO. The molecule has 1 aromatic carbocycles. The van der Waals surface area contributed by atoms with Gasteiger partial charge in [0.2, 0.25) is 0 Å². The molecule has 0 heterocycles. The molecule has 0 bridgehead atoms. The van der Waals surface area contributed by atoms with E-state index in [0.29, 0.717) is 0 Å². The monoisotopic (exact) mass is 478 g/mol. The topological polar surface area (TPSA) is 9.23 Å². The van der Waals surface area contributed by atoms with Gasteiger partial charge in [-0.3, -0.25) is 0 Å². The molecule has 0 aromatic heterocycles. The number of alkyl halides is 9. The molecule has 0 saturated heterocycles. The summed E-state index contributed by atoms with van der Waals surface area (Å²) in [5.41, 5.74) is -0.124. The summed E-state index contributed by atoms with van der Waals surface area (Å²) >= 11 is 1.12. The van der Waals surface area contributed by atoms with Gasteiger partial charge in [0.1, 0.15) is 5.75 Å². The molecule has 0 aliphatic heterocycles. The van der Waals surface area contributed by atoms with Gasteiger partial charge in [-0.2, -0.15) is 39.5 Å². The van der Waals surface area contributed by atoms with Crippen molar-refractivity contribution in [2.75, 3.05) is 7.11 Å². The number of benzene rings is 1. The van der Waals surface area contributed by atoms with E-state index < -0.39 is 33.6 Å². The van der Waals surface area contributed by atoms with E-state index in [1.165, 1.54) is 19.2 Å². The third kappa shape index (κ3) is 3.75. The van der Waals surface area contributed by atoms with Crippen LogP contribution in [-0.2, 0) is 0 Å². The molecule has 1 aromatic rings. The maximum atomic E-state index is 13.5. The Morgan fingerprint density at radius 3 is 1.96 bits per heavy atom. The standard InChI is InChI=1S/C13H8F9IO/c1-24-8-4-2-3-7(5-8)9(23)6-10(14,15)11(16,17)12(18,19)13(20,21)22/h2-6H,1H3/b9-6+. The molecule has 0 radical (unpaired) electrons. The summed E-state index contributed by atoms with van der Waals surface area (Å²) < 4.78 is 119. The quantitative estimate of drug-likeness (QED) is 0.376. The molecule has 24 heavy (non-hydrogen) atoms. The van der Waals surface area contributed by atoms with Crippen molar-refractivity contribution in [2.45, 2.75) is 23.9 Å². The largest absolute Gasteiger partial charge is 0.497 e. The van der Waals surface area contributed by atoms with Crippen LogP contribution in [0.4, 0.5) is 39.5 Å². The predicted molar refractivity (Wildman–Crippen MR) is 75.9 cm³/mol. The van der Waals surface area contributed by atoms with E-state index in [-0.39, 0.29) is 11.3 Å². The maximum absolute atomic E-state index is 13.5. The Hall–Kier alpha value is -1.14. The zero-order valence-electron chi connectivity index (χ0n) is 11.6. The minimum Gasteiger partial charge on any atom is -0.497 e. The molecule has 0 saturated carbocycles. The van der Waals surface area contributed by atoms with E-state index in [1.54, 1.807) is 0 Å². The van der Waals surface area contributed by atoms with Crippen LogP contribution < -0.4 is 4.74 Å². The van der Waals surface area contributed by atoms with Crippen LogP contribution in [0.25, 0.3) is 3.58 Å². The average molecular weight is 478 g/mol. The van der Waals surface area contributed by atoms with Crippen molar-refractivity contribution >= 4 is 26.2 Å². The minimum absolute atomic E-state index is 0.124. The lowest BCUT2D eigenvalue weighted by molar-refractivity contribution is -0.388. The predicted octanol–water partition coefficient (Wildman–Crippen LogP) is 5.94. The fraction of sp³-hybridized carbons (Fsp3) is 0.385. The first-order chi connectivity index (χ1) is 10.7. The molecule has 0 aliphatic carbocycles. The summed E-state index contributed by atoms with van der Waals surface area (Å²) in [6.07, 6.45) is -7.48. The van der Waals surface area contributed by atoms with Crippen molar-refractivity contribution in [1.29, 1.82) is 0 Å². The Labute approximate surface area is 143 Å². The van der Waals surface area contributed by atoms with Crippen molar-refractivity contribution in [3.05, 3.63) is 35.9 Å². The number of methoxy groups -OCH3 is 1. The van der Waals surface area contributed by atoms with Crippen molar-refractivity contribution in [1.82, 2.24) is 0 Å².